The first-order valence-corrected chi connectivity index (χ1v) is 19.9. The topological polar surface area (TPSA) is 111 Å². The van der Waals surface area contributed by atoms with Crippen LogP contribution in [0.1, 0.15) is 69.4 Å². The Bertz CT molecular complexity index is 1420. The molecule has 0 fully saturated rings. The minimum atomic E-state index is -2.39. The molecule has 226 valence electrons. The molecule has 0 aliphatic rings. The van der Waals surface area contributed by atoms with Crippen molar-refractivity contribution in [3.05, 3.63) is 46.1 Å². The fraction of sp³-hybridized carbons (Fsp3) is 0.484. The third kappa shape index (κ3) is 8.60. The molecule has 0 spiro atoms. The van der Waals surface area contributed by atoms with E-state index >= 15 is 0 Å². The number of hydrogen-bond donors (Lipinski definition) is 1. The van der Waals surface area contributed by atoms with E-state index in [4.69, 9.17) is 30.5 Å². The highest BCUT2D eigenvalue weighted by Crippen LogP contribution is 2.46. The summed E-state index contributed by atoms with van der Waals surface area (Å²) in [5, 5.41) is 11.5. The monoisotopic (exact) mass is 627 g/mol. The zero-order valence-corrected chi connectivity index (χ0v) is 29.3. The van der Waals surface area contributed by atoms with E-state index in [9.17, 15) is 9.59 Å². The van der Waals surface area contributed by atoms with E-state index in [2.05, 4.69) is 89.9 Å². The summed E-state index contributed by atoms with van der Waals surface area (Å²) >= 11 is 6.96. The average Bonchev–Trinajstić information content (AvgIpc) is 2.87. The molecule has 0 aliphatic heterocycles. The maximum Gasteiger partial charge on any atom is 0.341 e. The summed E-state index contributed by atoms with van der Waals surface area (Å²) in [5.74, 6) is 5.39. The van der Waals surface area contributed by atoms with Gasteiger partial charge in [-0.05, 0) is 66.3 Å². The summed E-state index contributed by atoms with van der Waals surface area (Å²) in [5.41, 5.74) is 1.12. The predicted octanol–water partition coefficient (Wildman–Crippen LogP) is 7.74. The van der Waals surface area contributed by atoms with Gasteiger partial charge in [-0.25, -0.2) is 9.78 Å². The van der Waals surface area contributed by atoms with Gasteiger partial charge < -0.3 is 13.6 Å². The van der Waals surface area contributed by atoms with Crippen molar-refractivity contribution in [3.63, 3.8) is 0 Å². The summed E-state index contributed by atoms with van der Waals surface area (Å²) in [6.45, 7) is 21.2. The first-order valence-electron chi connectivity index (χ1n) is 13.7. The minimum absolute atomic E-state index is 0.0966. The van der Waals surface area contributed by atoms with Crippen LogP contribution in [0.25, 0.3) is 0 Å². The quantitative estimate of drug-likeness (QED) is 0.181. The third-order valence-electron chi connectivity index (χ3n) is 7.86. The van der Waals surface area contributed by atoms with Crippen molar-refractivity contribution >= 4 is 45.9 Å². The second kappa shape index (κ2) is 13.3. The first-order chi connectivity index (χ1) is 19.2. The molecule has 1 aromatic carbocycles. The lowest BCUT2D eigenvalue weighted by Crippen LogP contribution is -2.45. The molecule has 1 aromatic heterocycles. The molecular weight excluding hydrogens is 586 g/mol. The molecule has 8 nitrogen and oxygen atoms in total. The Morgan fingerprint density at radius 1 is 1.00 bits per heavy atom. The molecule has 0 bridgehead atoms. The van der Waals surface area contributed by atoms with E-state index in [0.29, 0.717) is 27.6 Å². The van der Waals surface area contributed by atoms with Gasteiger partial charge in [0.25, 0.3) is 16.6 Å². The Kier molecular flexibility index (Phi) is 11.1. The van der Waals surface area contributed by atoms with Gasteiger partial charge in [-0.3, -0.25) is 10.1 Å². The number of carbonyl (C=O) groups is 2. The number of amides is 1. The van der Waals surface area contributed by atoms with Gasteiger partial charge in [0, 0.05) is 18.7 Å². The molecule has 2 aromatic rings. The van der Waals surface area contributed by atoms with Crippen LogP contribution >= 0.6 is 11.6 Å². The molecule has 42 heavy (non-hydrogen) atoms. The molecular formula is C31H42ClN3O5Si2. The van der Waals surface area contributed by atoms with Crippen molar-refractivity contribution in [2.75, 3.05) is 12.4 Å². The summed E-state index contributed by atoms with van der Waals surface area (Å²) < 4.78 is 18.5. The lowest BCUT2D eigenvalue weighted by Gasteiger charge is -2.39. The van der Waals surface area contributed by atoms with E-state index in [-0.39, 0.29) is 34.3 Å². The van der Waals surface area contributed by atoms with Crippen LogP contribution in [-0.2, 0) is 16.0 Å². The van der Waals surface area contributed by atoms with Gasteiger partial charge in [0.05, 0.1) is 17.7 Å². The fourth-order valence-corrected chi connectivity index (χ4v) is 5.63. The largest absolute Gasteiger partial charge is 0.543 e. The SMILES string of the molecule is COC(=O)c1c(O[Si](C)(C)C(C)(C)C)cc(O[Si](C)(C)C(C)(C)C)c(Cl)c1CCC#CC(=O)Nc1ccc(C#N)cn1. The van der Waals surface area contributed by atoms with E-state index in [1.807, 2.05) is 6.07 Å². The zero-order chi connectivity index (χ0) is 32.1. The molecule has 0 radical (unpaired) electrons. The van der Waals surface area contributed by atoms with Crippen LogP contribution in [0.15, 0.2) is 24.4 Å². The maximum absolute atomic E-state index is 13.2. The van der Waals surface area contributed by atoms with Crippen LogP contribution < -0.4 is 14.2 Å². The van der Waals surface area contributed by atoms with Gasteiger partial charge in [0.1, 0.15) is 28.9 Å². The van der Waals surface area contributed by atoms with Gasteiger partial charge in [0.15, 0.2) is 0 Å². The highest BCUT2D eigenvalue weighted by molar-refractivity contribution is 6.75. The maximum atomic E-state index is 13.2. The van der Waals surface area contributed by atoms with Crippen LogP contribution in [0.2, 0.25) is 41.3 Å². The smallest absolute Gasteiger partial charge is 0.341 e. The predicted molar refractivity (Wildman–Crippen MR) is 172 cm³/mol. The number of pyridine rings is 1. The summed E-state index contributed by atoms with van der Waals surface area (Å²) in [6, 6.07) is 6.77. The molecule has 0 saturated carbocycles. The van der Waals surface area contributed by atoms with Crippen molar-refractivity contribution in [1.82, 2.24) is 4.98 Å². The lowest BCUT2D eigenvalue weighted by molar-refractivity contribution is -0.111. The van der Waals surface area contributed by atoms with Crippen LogP contribution in [0.4, 0.5) is 5.82 Å². The van der Waals surface area contributed by atoms with Crippen molar-refractivity contribution in [2.45, 2.75) is 90.6 Å². The summed E-state index contributed by atoms with van der Waals surface area (Å²) in [6.07, 6.45) is 1.84. The minimum Gasteiger partial charge on any atom is -0.543 e. The number of nitriles is 1. The molecule has 0 atom stereocenters. The average molecular weight is 628 g/mol. The summed E-state index contributed by atoms with van der Waals surface area (Å²) in [7, 11) is -3.39. The lowest BCUT2D eigenvalue weighted by atomic mass is 10.0. The second-order valence-electron chi connectivity index (χ2n) is 13.1. The molecule has 1 heterocycles. The number of methoxy groups -OCH3 is 1. The second-order valence-corrected chi connectivity index (χ2v) is 22.9. The highest BCUT2D eigenvalue weighted by Gasteiger charge is 2.42. The van der Waals surface area contributed by atoms with Crippen molar-refractivity contribution < 1.29 is 23.2 Å². The standard InChI is InChI=1S/C31H42ClN3O5Si2/c1-30(2,3)41(8,9)39-23-18-24(40-42(10,11)31(4,5)6)28(32)22(27(23)29(37)38-7)14-12-13-15-26(36)35-25-17-16-21(19-33)20-34-25/h16-18,20H,12,14H2,1-11H3,(H,34,35,36). The summed E-state index contributed by atoms with van der Waals surface area (Å²) in [4.78, 5) is 29.6. The number of nitrogens with zero attached hydrogens (tertiary/aromatic N) is 2. The number of halogens is 1. The number of rotatable bonds is 8. The van der Waals surface area contributed by atoms with Gasteiger partial charge in [-0.2, -0.15) is 5.26 Å². The van der Waals surface area contributed by atoms with E-state index in [1.165, 1.54) is 19.4 Å². The Morgan fingerprint density at radius 3 is 2.05 bits per heavy atom. The molecule has 0 aliphatic carbocycles. The molecule has 0 saturated heterocycles. The number of ether oxygens (including phenoxy) is 1. The number of esters is 1. The van der Waals surface area contributed by atoms with Crippen LogP contribution in [-0.4, -0.2) is 40.6 Å². The van der Waals surface area contributed by atoms with Crippen LogP contribution in [0.5, 0.6) is 11.5 Å². The van der Waals surface area contributed by atoms with Crippen LogP contribution in [0, 0.1) is 23.2 Å². The number of benzene rings is 1. The van der Waals surface area contributed by atoms with Crippen molar-refractivity contribution in [1.29, 1.82) is 5.26 Å². The van der Waals surface area contributed by atoms with Gasteiger partial charge in [-0.15, -0.1) is 0 Å². The number of nitrogens with one attached hydrogen (secondary N) is 1. The van der Waals surface area contributed by atoms with E-state index < -0.39 is 28.5 Å². The van der Waals surface area contributed by atoms with Crippen molar-refractivity contribution in [3.8, 4) is 29.4 Å². The normalized spacial score (nSPS) is 12.0. The Morgan fingerprint density at radius 2 is 1.57 bits per heavy atom. The molecule has 2 rings (SSSR count). The Balaban J connectivity index is 2.53. The molecule has 11 heteroatoms. The molecule has 1 N–H and O–H groups in total. The number of carbonyl (C=O) groups excluding carboxylic acids is 2. The molecule has 1 amide bonds. The number of aromatic nitrogens is 1. The van der Waals surface area contributed by atoms with E-state index in [0.717, 1.165) is 0 Å². The number of hydrogen-bond acceptors (Lipinski definition) is 7. The fourth-order valence-electron chi connectivity index (χ4n) is 3.24. The van der Waals surface area contributed by atoms with Gasteiger partial charge in [0.2, 0.25) is 0 Å². The molecule has 0 unspecified atom stereocenters. The Labute approximate surface area is 257 Å². The van der Waals surface area contributed by atoms with Crippen molar-refractivity contribution in [2.24, 2.45) is 0 Å². The van der Waals surface area contributed by atoms with Crippen LogP contribution in [0.3, 0.4) is 0 Å². The Hall–Kier alpha value is -3.32. The third-order valence-corrected chi connectivity index (χ3v) is 17.0. The van der Waals surface area contributed by atoms with Gasteiger partial charge in [-0.1, -0.05) is 59.1 Å². The zero-order valence-electron chi connectivity index (χ0n) is 26.5. The highest BCUT2D eigenvalue weighted by atomic mass is 35.5. The van der Waals surface area contributed by atoms with E-state index in [1.54, 1.807) is 12.1 Å². The first kappa shape index (κ1) is 34.9. The van der Waals surface area contributed by atoms with Gasteiger partial charge >= 0.3 is 11.9 Å². The number of anilines is 1.